The number of rotatable bonds is 3. The second-order valence-corrected chi connectivity index (χ2v) is 2.89. The van der Waals surface area contributed by atoms with Crippen LogP contribution in [0, 0.1) is 0 Å². The van der Waals surface area contributed by atoms with Crippen molar-refractivity contribution in [3.8, 4) is 0 Å². The molecule has 56 valence electrons. The smallest absolute Gasteiger partial charge is 0.0846 e. The largest absolute Gasteiger partial charge is 0.286 e. The Morgan fingerprint density at radius 1 is 1.18 bits per heavy atom. The van der Waals surface area contributed by atoms with E-state index in [1.54, 1.807) is 0 Å². The van der Waals surface area contributed by atoms with Crippen LogP contribution in [0.25, 0.3) is 0 Å². The van der Waals surface area contributed by atoms with E-state index in [-0.39, 0.29) is 0 Å². The van der Waals surface area contributed by atoms with Gasteiger partial charge in [-0.05, 0) is 18.4 Å². The average molecular weight is 145 g/mol. The second-order valence-electron chi connectivity index (χ2n) is 2.89. The Kier molecular flexibility index (Phi) is 1.72. The van der Waals surface area contributed by atoms with Gasteiger partial charge in [-0.2, -0.15) is 0 Å². The van der Waals surface area contributed by atoms with Gasteiger partial charge in [0.15, 0.2) is 0 Å². The van der Waals surface area contributed by atoms with E-state index < -0.39 is 0 Å². The quantitative estimate of drug-likeness (QED) is 0.617. The van der Waals surface area contributed by atoms with Crippen molar-refractivity contribution in [2.45, 2.75) is 18.9 Å². The van der Waals surface area contributed by atoms with E-state index in [9.17, 15) is 0 Å². The van der Waals surface area contributed by atoms with Gasteiger partial charge < -0.3 is 0 Å². The zero-order chi connectivity index (χ0) is 7.52. The summed E-state index contributed by atoms with van der Waals surface area (Å²) in [4.78, 5) is 4.09. The molecule has 2 rings (SSSR count). The molecule has 0 saturated heterocycles. The van der Waals surface area contributed by atoms with Crippen molar-refractivity contribution in [3.05, 3.63) is 35.9 Å². The molecule has 1 heterocycles. The third-order valence-electron chi connectivity index (χ3n) is 1.93. The van der Waals surface area contributed by atoms with E-state index in [0.717, 1.165) is 6.42 Å². The minimum Gasteiger partial charge on any atom is -0.286 e. The molecule has 0 bridgehead atoms. The highest BCUT2D eigenvalue weighted by Crippen LogP contribution is 2.11. The van der Waals surface area contributed by atoms with Gasteiger partial charge in [0.2, 0.25) is 0 Å². The molecule has 0 saturated carbocycles. The Hall–Kier alpha value is -1.11. The molecular weight excluding hydrogens is 134 g/mol. The molecule has 1 aromatic rings. The summed E-state index contributed by atoms with van der Waals surface area (Å²) in [6.45, 7) is 0. The number of aliphatic imine (C=N–C) groups is 1. The van der Waals surface area contributed by atoms with Gasteiger partial charge in [0.25, 0.3) is 0 Å². The van der Waals surface area contributed by atoms with E-state index in [0.29, 0.717) is 6.04 Å². The number of nitrogens with zero attached hydrogens (tertiary/aromatic N) is 1. The molecule has 1 aliphatic rings. The van der Waals surface area contributed by atoms with Crippen molar-refractivity contribution >= 4 is 6.21 Å². The molecule has 1 aromatic carbocycles. The van der Waals surface area contributed by atoms with Crippen LogP contribution >= 0.6 is 0 Å². The maximum Gasteiger partial charge on any atom is 0.0846 e. The Morgan fingerprint density at radius 2 is 1.91 bits per heavy atom. The van der Waals surface area contributed by atoms with Crippen LogP contribution in [0.3, 0.4) is 0 Å². The highest BCUT2D eigenvalue weighted by atomic mass is 14.9. The highest BCUT2D eigenvalue weighted by molar-refractivity contribution is 5.77. The van der Waals surface area contributed by atoms with Crippen molar-refractivity contribution in [2.75, 3.05) is 0 Å². The molecule has 0 aliphatic carbocycles. The summed E-state index contributed by atoms with van der Waals surface area (Å²) in [5.74, 6) is 0. The molecule has 1 aliphatic heterocycles. The van der Waals surface area contributed by atoms with Crippen LogP contribution in [0.2, 0.25) is 0 Å². The molecule has 0 spiro atoms. The van der Waals surface area contributed by atoms with Gasteiger partial charge in [-0.1, -0.05) is 30.3 Å². The lowest BCUT2D eigenvalue weighted by Gasteiger charge is -1.97. The maximum absolute atomic E-state index is 4.09. The van der Waals surface area contributed by atoms with Crippen LogP contribution in [0.4, 0.5) is 0 Å². The van der Waals surface area contributed by atoms with Crippen molar-refractivity contribution in [1.29, 1.82) is 0 Å². The monoisotopic (exact) mass is 145 g/mol. The molecule has 0 radical (unpaired) electrons. The zero-order valence-corrected chi connectivity index (χ0v) is 6.40. The van der Waals surface area contributed by atoms with E-state index in [2.05, 4.69) is 35.3 Å². The molecular formula is C10H11N. The van der Waals surface area contributed by atoms with E-state index in [4.69, 9.17) is 0 Å². The Morgan fingerprint density at radius 3 is 2.55 bits per heavy atom. The number of hydrogen-bond donors (Lipinski definition) is 0. The predicted molar refractivity (Wildman–Crippen MR) is 47.0 cm³/mol. The van der Waals surface area contributed by atoms with Crippen LogP contribution in [-0.2, 0) is 6.42 Å². The van der Waals surface area contributed by atoms with E-state index >= 15 is 0 Å². The van der Waals surface area contributed by atoms with Crippen molar-refractivity contribution in [3.63, 3.8) is 0 Å². The second kappa shape index (κ2) is 2.87. The minimum absolute atomic E-state index is 0.565. The van der Waals surface area contributed by atoms with Gasteiger partial charge in [0.05, 0.1) is 6.04 Å². The van der Waals surface area contributed by atoms with Crippen molar-refractivity contribution in [1.82, 2.24) is 0 Å². The Balaban J connectivity index is 1.85. The molecule has 1 unspecified atom stereocenters. The van der Waals surface area contributed by atoms with Crippen LogP contribution in [0.1, 0.15) is 12.0 Å². The summed E-state index contributed by atoms with van der Waals surface area (Å²) in [6.07, 6.45) is 4.36. The first-order valence-electron chi connectivity index (χ1n) is 4.02. The van der Waals surface area contributed by atoms with Gasteiger partial charge >= 0.3 is 0 Å². The normalized spacial score (nSPS) is 20.2. The lowest BCUT2D eigenvalue weighted by Crippen LogP contribution is -1.91. The fraction of sp³-hybridized carbons (Fsp3) is 0.300. The first kappa shape index (κ1) is 6.59. The third kappa shape index (κ3) is 1.90. The van der Waals surface area contributed by atoms with Gasteiger partial charge in [0, 0.05) is 6.21 Å². The van der Waals surface area contributed by atoms with Gasteiger partial charge in [-0.25, -0.2) is 0 Å². The average Bonchev–Trinajstić information content (AvgIpc) is 2.86. The fourth-order valence-corrected chi connectivity index (χ4v) is 1.17. The molecule has 0 aromatic heterocycles. The standard InChI is InChI=1S/C10H11N/c1-2-4-9(5-3-1)6-7-10-8-11-10/h1-5,8,10H,6-7H2. The first-order valence-corrected chi connectivity index (χ1v) is 4.02. The number of hydrogen-bond acceptors (Lipinski definition) is 1. The first-order chi connectivity index (χ1) is 5.45. The summed E-state index contributed by atoms with van der Waals surface area (Å²) >= 11 is 0. The molecule has 0 amide bonds. The lowest BCUT2D eigenvalue weighted by molar-refractivity contribution is 0.825. The Labute approximate surface area is 66.8 Å². The molecule has 11 heavy (non-hydrogen) atoms. The highest BCUT2D eigenvalue weighted by Gasteiger charge is 2.11. The van der Waals surface area contributed by atoms with Crippen molar-refractivity contribution in [2.24, 2.45) is 4.99 Å². The van der Waals surface area contributed by atoms with Crippen LogP contribution in [0.5, 0.6) is 0 Å². The van der Waals surface area contributed by atoms with Gasteiger partial charge in [-0.3, -0.25) is 4.99 Å². The molecule has 1 atom stereocenters. The lowest BCUT2D eigenvalue weighted by atomic mass is 10.1. The molecule has 0 fully saturated rings. The molecule has 1 nitrogen and oxygen atoms in total. The third-order valence-corrected chi connectivity index (χ3v) is 1.93. The summed E-state index contributed by atoms with van der Waals surface area (Å²) in [6, 6.07) is 11.1. The van der Waals surface area contributed by atoms with E-state index in [1.807, 2.05) is 6.21 Å². The van der Waals surface area contributed by atoms with Crippen LogP contribution < -0.4 is 0 Å². The van der Waals surface area contributed by atoms with Crippen LogP contribution in [-0.4, -0.2) is 12.3 Å². The van der Waals surface area contributed by atoms with Crippen LogP contribution in [0.15, 0.2) is 35.3 Å². The SMILES string of the molecule is C1=NC1CCc1ccccc1. The van der Waals surface area contributed by atoms with Crippen molar-refractivity contribution < 1.29 is 0 Å². The predicted octanol–water partition coefficient (Wildman–Crippen LogP) is 2.07. The van der Waals surface area contributed by atoms with Gasteiger partial charge in [0.1, 0.15) is 0 Å². The zero-order valence-electron chi connectivity index (χ0n) is 6.40. The molecule has 0 N–H and O–H groups in total. The molecule has 1 heteroatoms. The van der Waals surface area contributed by atoms with E-state index in [1.165, 1.54) is 12.0 Å². The Bertz CT molecular complexity index is 245. The maximum atomic E-state index is 4.09. The number of aryl methyl sites for hydroxylation is 1. The number of benzene rings is 1. The summed E-state index contributed by atoms with van der Waals surface area (Å²) in [7, 11) is 0. The van der Waals surface area contributed by atoms with Gasteiger partial charge in [-0.15, -0.1) is 0 Å². The fourth-order valence-electron chi connectivity index (χ4n) is 1.17. The summed E-state index contributed by atoms with van der Waals surface area (Å²) < 4.78 is 0. The summed E-state index contributed by atoms with van der Waals surface area (Å²) in [5.41, 5.74) is 1.42. The summed E-state index contributed by atoms with van der Waals surface area (Å²) in [5, 5.41) is 0. The minimum atomic E-state index is 0.565. The topological polar surface area (TPSA) is 12.4 Å².